The fraction of sp³-hybridized carbons (Fsp3) is 0.545. The molecule has 0 aliphatic carbocycles. The number of likely N-dealkylation sites (tertiary alicyclic amines) is 1. The van der Waals surface area contributed by atoms with Gasteiger partial charge in [-0.3, -0.25) is 9.69 Å². The summed E-state index contributed by atoms with van der Waals surface area (Å²) in [4.78, 5) is 21.9. The van der Waals surface area contributed by atoms with E-state index in [9.17, 15) is 4.79 Å². The Hall–Kier alpha value is -1.92. The Morgan fingerprint density at radius 1 is 1.11 bits per heavy atom. The van der Waals surface area contributed by atoms with E-state index >= 15 is 0 Å². The van der Waals surface area contributed by atoms with Crippen LogP contribution in [0.4, 0.5) is 5.13 Å². The Bertz CT molecular complexity index is 756. The van der Waals surface area contributed by atoms with E-state index < -0.39 is 0 Å². The van der Waals surface area contributed by atoms with E-state index in [1.165, 1.54) is 49.9 Å². The van der Waals surface area contributed by atoms with Crippen molar-refractivity contribution in [1.82, 2.24) is 15.2 Å². The first kappa shape index (κ1) is 19.4. The number of anilines is 1. The summed E-state index contributed by atoms with van der Waals surface area (Å²) in [7, 11) is 0. The van der Waals surface area contributed by atoms with E-state index in [0.29, 0.717) is 6.54 Å². The maximum atomic E-state index is 12.8. The lowest BCUT2D eigenvalue weighted by Gasteiger charge is -2.23. The van der Waals surface area contributed by atoms with E-state index in [2.05, 4.69) is 44.4 Å². The highest BCUT2D eigenvalue weighted by Crippen LogP contribution is 2.27. The molecule has 1 atom stereocenters. The highest BCUT2D eigenvalue weighted by Gasteiger charge is 2.31. The highest BCUT2D eigenvalue weighted by atomic mass is 32.1. The van der Waals surface area contributed by atoms with Gasteiger partial charge in [-0.2, -0.15) is 0 Å². The van der Waals surface area contributed by atoms with Crippen molar-refractivity contribution in [3.05, 3.63) is 47.0 Å². The van der Waals surface area contributed by atoms with Crippen LogP contribution in [0.1, 0.15) is 49.7 Å². The van der Waals surface area contributed by atoms with Gasteiger partial charge < -0.3 is 10.2 Å². The second-order valence-electron chi connectivity index (χ2n) is 7.89. The van der Waals surface area contributed by atoms with Gasteiger partial charge in [0, 0.05) is 31.2 Å². The smallest absolute Gasteiger partial charge is 0.243 e. The minimum Gasteiger partial charge on any atom is -0.350 e. The SMILES string of the molecule is O=C(NCc1cccc(CN2CCCCCC2)c1)[C@H]1CCCN1c1nccs1. The lowest BCUT2D eigenvalue weighted by molar-refractivity contribution is -0.122. The maximum absolute atomic E-state index is 12.8. The predicted molar refractivity (Wildman–Crippen MR) is 115 cm³/mol. The number of thiazole rings is 1. The van der Waals surface area contributed by atoms with Crippen LogP contribution in [0.5, 0.6) is 0 Å². The zero-order valence-electron chi connectivity index (χ0n) is 16.5. The normalized spacial score (nSPS) is 20.9. The largest absolute Gasteiger partial charge is 0.350 e. The number of carbonyl (C=O) groups excluding carboxylic acids is 1. The van der Waals surface area contributed by atoms with Crippen LogP contribution in [0.25, 0.3) is 0 Å². The van der Waals surface area contributed by atoms with Crippen LogP contribution in [0.3, 0.4) is 0 Å². The lowest BCUT2D eigenvalue weighted by Crippen LogP contribution is -2.43. The molecule has 1 aromatic heterocycles. The summed E-state index contributed by atoms with van der Waals surface area (Å²) in [5.41, 5.74) is 2.53. The molecule has 1 aromatic carbocycles. The summed E-state index contributed by atoms with van der Waals surface area (Å²) in [5, 5.41) is 6.08. The van der Waals surface area contributed by atoms with Crippen molar-refractivity contribution in [2.45, 2.75) is 57.7 Å². The molecule has 2 aliphatic rings. The molecule has 1 N–H and O–H groups in total. The number of amides is 1. The van der Waals surface area contributed by atoms with Crippen LogP contribution in [0, 0.1) is 0 Å². The second-order valence-corrected chi connectivity index (χ2v) is 8.77. The van der Waals surface area contributed by atoms with Gasteiger partial charge in [-0.1, -0.05) is 37.1 Å². The Morgan fingerprint density at radius 2 is 1.93 bits per heavy atom. The van der Waals surface area contributed by atoms with Crippen LogP contribution in [0.15, 0.2) is 35.8 Å². The zero-order chi connectivity index (χ0) is 19.2. The van der Waals surface area contributed by atoms with Gasteiger partial charge >= 0.3 is 0 Å². The van der Waals surface area contributed by atoms with Gasteiger partial charge in [-0.05, 0) is 49.9 Å². The molecule has 6 heteroatoms. The van der Waals surface area contributed by atoms with E-state index in [1.807, 2.05) is 11.6 Å². The summed E-state index contributed by atoms with van der Waals surface area (Å²) >= 11 is 1.61. The topological polar surface area (TPSA) is 48.5 Å². The summed E-state index contributed by atoms with van der Waals surface area (Å²) in [6.07, 6.45) is 9.11. The van der Waals surface area contributed by atoms with Crippen LogP contribution in [-0.2, 0) is 17.9 Å². The number of rotatable bonds is 6. The minimum atomic E-state index is -0.0913. The molecule has 5 nitrogen and oxygen atoms in total. The standard InChI is InChI=1S/C22H30N4OS/c27-21(20-9-6-13-26(20)22-23-10-14-28-22)24-16-18-7-5-8-19(15-18)17-25-11-3-1-2-4-12-25/h5,7-8,10,14-15,20H,1-4,6,9,11-13,16-17H2,(H,24,27)/t20-/m1/s1. The van der Waals surface area contributed by atoms with E-state index in [0.717, 1.165) is 31.1 Å². The first-order chi connectivity index (χ1) is 13.8. The minimum absolute atomic E-state index is 0.0913. The molecule has 3 heterocycles. The number of hydrogen-bond donors (Lipinski definition) is 1. The lowest BCUT2D eigenvalue weighted by atomic mass is 10.1. The summed E-state index contributed by atoms with van der Waals surface area (Å²) in [5.74, 6) is 0.116. The quantitative estimate of drug-likeness (QED) is 0.804. The van der Waals surface area contributed by atoms with Crippen molar-refractivity contribution in [2.24, 2.45) is 0 Å². The van der Waals surface area contributed by atoms with Gasteiger partial charge in [-0.15, -0.1) is 11.3 Å². The molecule has 2 aromatic rings. The summed E-state index contributed by atoms with van der Waals surface area (Å²) in [6, 6.07) is 8.59. The molecule has 0 radical (unpaired) electrons. The number of benzene rings is 1. The fourth-order valence-corrected chi connectivity index (χ4v) is 5.04. The maximum Gasteiger partial charge on any atom is 0.243 e. The molecule has 1 amide bonds. The third-order valence-electron chi connectivity index (χ3n) is 5.78. The molecule has 2 saturated heterocycles. The second kappa shape index (κ2) is 9.52. The van der Waals surface area contributed by atoms with Gasteiger partial charge in [0.25, 0.3) is 0 Å². The fourth-order valence-electron chi connectivity index (χ4n) is 4.32. The predicted octanol–water partition coefficient (Wildman–Crippen LogP) is 3.80. The number of nitrogens with one attached hydrogen (secondary N) is 1. The van der Waals surface area contributed by atoms with Gasteiger partial charge in [-0.25, -0.2) is 4.98 Å². The molecule has 0 bridgehead atoms. The Kier molecular flexibility index (Phi) is 6.60. The van der Waals surface area contributed by atoms with Crippen molar-refractivity contribution < 1.29 is 4.79 Å². The van der Waals surface area contributed by atoms with Crippen LogP contribution < -0.4 is 10.2 Å². The highest BCUT2D eigenvalue weighted by molar-refractivity contribution is 7.13. The Balaban J connectivity index is 1.32. The van der Waals surface area contributed by atoms with E-state index in [1.54, 1.807) is 11.3 Å². The molecule has 2 aliphatic heterocycles. The summed E-state index contributed by atoms with van der Waals surface area (Å²) < 4.78 is 0. The zero-order valence-corrected chi connectivity index (χ0v) is 17.3. The number of hydrogen-bond acceptors (Lipinski definition) is 5. The van der Waals surface area contributed by atoms with Crippen molar-refractivity contribution in [3.8, 4) is 0 Å². The van der Waals surface area contributed by atoms with Crippen molar-refractivity contribution >= 4 is 22.4 Å². The van der Waals surface area contributed by atoms with Crippen molar-refractivity contribution in [3.63, 3.8) is 0 Å². The molecule has 0 unspecified atom stereocenters. The Labute approximate surface area is 171 Å². The Morgan fingerprint density at radius 3 is 2.71 bits per heavy atom. The van der Waals surface area contributed by atoms with Gasteiger partial charge in [0.1, 0.15) is 6.04 Å². The third-order valence-corrected chi connectivity index (χ3v) is 6.59. The number of carbonyl (C=O) groups is 1. The third kappa shape index (κ3) is 4.92. The first-order valence-electron chi connectivity index (χ1n) is 10.5. The molecular weight excluding hydrogens is 368 g/mol. The molecule has 2 fully saturated rings. The average Bonchev–Trinajstić information content (AvgIpc) is 3.35. The van der Waals surface area contributed by atoms with Crippen molar-refractivity contribution in [1.29, 1.82) is 0 Å². The van der Waals surface area contributed by atoms with E-state index in [-0.39, 0.29) is 11.9 Å². The molecule has 0 spiro atoms. The number of aromatic nitrogens is 1. The average molecular weight is 399 g/mol. The van der Waals surface area contributed by atoms with Crippen molar-refractivity contribution in [2.75, 3.05) is 24.5 Å². The molecule has 150 valence electrons. The number of nitrogens with zero attached hydrogens (tertiary/aromatic N) is 3. The summed E-state index contributed by atoms with van der Waals surface area (Å²) in [6.45, 7) is 4.93. The molecular formula is C22H30N4OS. The molecule has 0 saturated carbocycles. The molecule has 28 heavy (non-hydrogen) atoms. The first-order valence-corrected chi connectivity index (χ1v) is 11.4. The van der Waals surface area contributed by atoms with E-state index in [4.69, 9.17) is 0 Å². The molecule has 4 rings (SSSR count). The van der Waals surface area contributed by atoms with Crippen LogP contribution in [-0.4, -0.2) is 41.5 Å². The van der Waals surface area contributed by atoms with Gasteiger partial charge in [0.15, 0.2) is 5.13 Å². The van der Waals surface area contributed by atoms with Crippen LogP contribution in [0.2, 0.25) is 0 Å². The van der Waals surface area contributed by atoms with Gasteiger partial charge in [0.05, 0.1) is 0 Å². The monoisotopic (exact) mass is 398 g/mol. The van der Waals surface area contributed by atoms with Crippen LogP contribution >= 0.6 is 11.3 Å². The van der Waals surface area contributed by atoms with Gasteiger partial charge in [0.2, 0.25) is 5.91 Å².